The van der Waals surface area contributed by atoms with E-state index in [1.165, 1.54) is 43.5 Å². The van der Waals surface area contributed by atoms with Crippen LogP contribution in [0.15, 0.2) is 95.5 Å². The maximum absolute atomic E-state index is 14.3. The lowest BCUT2D eigenvalue weighted by Crippen LogP contribution is -2.35. The highest BCUT2D eigenvalue weighted by Crippen LogP contribution is 2.59. The zero-order chi connectivity index (χ0) is 32.7. The van der Waals surface area contributed by atoms with Gasteiger partial charge in [-0.2, -0.15) is 13.2 Å². The van der Waals surface area contributed by atoms with E-state index in [1.807, 2.05) is 38.1 Å². The SMILES string of the molecule is CC1(C)c2cc(C(F)(F)F)ccc2-c2c1c1c(c3ccc(Br)cc23)OC(c2ccc(F)cc2)(c2ccc(N3CCCCC3)cc2)C=C1. The van der Waals surface area contributed by atoms with Crippen molar-refractivity contribution in [2.75, 3.05) is 18.0 Å². The van der Waals surface area contributed by atoms with Crippen LogP contribution in [0.5, 0.6) is 5.75 Å². The summed E-state index contributed by atoms with van der Waals surface area (Å²) >= 11 is 3.64. The summed E-state index contributed by atoms with van der Waals surface area (Å²) in [5.74, 6) is 0.311. The summed E-state index contributed by atoms with van der Waals surface area (Å²) in [7, 11) is 0. The fourth-order valence-corrected chi connectivity index (χ4v) is 8.24. The molecule has 0 saturated carbocycles. The van der Waals surface area contributed by atoms with Gasteiger partial charge in [0.25, 0.3) is 0 Å². The van der Waals surface area contributed by atoms with E-state index in [1.54, 1.807) is 18.2 Å². The molecular weight excluding hydrogens is 666 g/mol. The third kappa shape index (κ3) is 4.72. The largest absolute Gasteiger partial charge is 0.472 e. The van der Waals surface area contributed by atoms with Crippen molar-refractivity contribution in [1.82, 2.24) is 0 Å². The number of hydrogen-bond donors (Lipinski definition) is 0. The van der Waals surface area contributed by atoms with Gasteiger partial charge in [0.15, 0.2) is 5.60 Å². The molecule has 2 heterocycles. The van der Waals surface area contributed by atoms with Crippen LogP contribution in [0, 0.1) is 5.82 Å². The molecule has 0 amide bonds. The zero-order valence-corrected chi connectivity index (χ0v) is 27.6. The van der Waals surface area contributed by atoms with E-state index in [0.29, 0.717) is 11.3 Å². The number of nitrogens with zero attached hydrogens (tertiary/aromatic N) is 1. The van der Waals surface area contributed by atoms with Crippen LogP contribution in [0.4, 0.5) is 23.2 Å². The Morgan fingerprint density at radius 2 is 1.47 bits per heavy atom. The summed E-state index contributed by atoms with van der Waals surface area (Å²) in [5.41, 5.74) is 4.46. The summed E-state index contributed by atoms with van der Waals surface area (Å²) < 4.78 is 64.1. The van der Waals surface area contributed by atoms with E-state index in [2.05, 4.69) is 51.2 Å². The van der Waals surface area contributed by atoms with Gasteiger partial charge in [-0.05, 0) is 108 Å². The standard InChI is InChI=1S/C40H32BrF4NO/c1-38(2)34-22-26(40(43,44)45)10-16-31(34)35-33-23-27(41)11-17-30(33)37-32(36(35)38)18-19-39(47-37,24-6-12-28(42)13-7-24)25-8-14-29(15-9-25)46-20-4-3-5-21-46/h6-19,22-23H,3-5,20-21H2,1-2H3. The molecule has 8 rings (SSSR count). The first-order chi connectivity index (χ1) is 22.5. The first kappa shape index (κ1) is 30.2. The second-order valence-electron chi connectivity index (χ2n) is 13.3. The predicted octanol–water partition coefficient (Wildman–Crippen LogP) is 11.4. The smallest absolute Gasteiger partial charge is 0.416 e. The van der Waals surface area contributed by atoms with Crippen molar-refractivity contribution in [3.63, 3.8) is 0 Å². The van der Waals surface area contributed by atoms with Gasteiger partial charge >= 0.3 is 6.18 Å². The summed E-state index contributed by atoms with van der Waals surface area (Å²) in [6.07, 6.45) is 3.22. The van der Waals surface area contributed by atoms with E-state index in [9.17, 15) is 17.6 Å². The molecule has 3 aliphatic rings. The van der Waals surface area contributed by atoms with Crippen LogP contribution < -0.4 is 9.64 Å². The molecule has 1 aliphatic carbocycles. The van der Waals surface area contributed by atoms with Gasteiger partial charge < -0.3 is 9.64 Å². The first-order valence-electron chi connectivity index (χ1n) is 16.0. The highest BCUT2D eigenvalue weighted by Gasteiger charge is 2.45. The van der Waals surface area contributed by atoms with E-state index >= 15 is 0 Å². The average Bonchev–Trinajstić information content (AvgIpc) is 3.31. The molecule has 5 aromatic rings. The van der Waals surface area contributed by atoms with Crippen LogP contribution in [0.2, 0.25) is 0 Å². The molecule has 0 bridgehead atoms. The number of benzene rings is 5. The van der Waals surface area contributed by atoms with Crippen LogP contribution in [0.1, 0.15) is 66.5 Å². The number of rotatable bonds is 3. The summed E-state index contributed by atoms with van der Waals surface area (Å²) in [4.78, 5) is 2.41. The molecule has 2 nitrogen and oxygen atoms in total. The molecule has 0 N–H and O–H groups in total. The Balaban J connectivity index is 1.35. The van der Waals surface area contributed by atoms with Crippen LogP contribution in [-0.2, 0) is 17.2 Å². The Bertz CT molecular complexity index is 2080. The Morgan fingerprint density at radius 1 is 0.787 bits per heavy atom. The lowest BCUT2D eigenvalue weighted by atomic mass is 9.76. The van der Waals surface area contributed by atoms with Crippen LogP contribution in [0.25, 0.3) is 28.0 Å². The highest BCUT2D eigenvalue weighted by atomic mass is 79.9. The number of alkyl halides is 3. The number of piperidine rings is 1. The van der Waals surface area contributed by atoms with Crippen LogP contribution in [0.3, 0.4) is 0 Å². The quantitative estimate of drug-likeness (QED) is 0.174. The first-order valence-corrected chi connectivity index (χ1v) is 16.8. The zero-order valence-electron chi connectivity index (χ0n) is 26.0. The van der Waals surface area contributed by atoms with Gasteiger partial charge in [0.05, 0.1) is 5.56 Å². The lowest BCUT2D eigenvalue weighted by molar-refractivity contribution is -0.137. The Kier molecular flexibility index (Phi) is 6.89. The lowest BCUT2D eigenvalue weighted by Gasteiger charge is -2.38. The van der Waals surface area contributed by atoms with Gasteiger partial charge in [0.2, 0.25) is 0 Å². The molecule has 0 radical (unpaired) electrons. The Hall–Kier alpha value is -4.10. The van der Waals surface area contributed by atoms with Gasteiger partial charge in [-0.15, -0.1) is 0 Å². The van der Waals surface area contributed by atoms with Gasteiger partial charge in [-0.25, -0.2) is 4.39 Å². The maximum Gasteiger partial charge on any atom is 0.416 e. The van der Waals surface area contributed by atoms with Crippen molar-refractivity contribution in [2.24, 2.45) is 0 Å². The minimum Gasteiger partial charge on any atom is -0.472 e. The van der Waals surface area contributed by atoms with Gasteiger partial charge in [0.1, 0.15) is 11.6 Å². The molecule has 238 valence electrons. The average molecular weight is 699 g/mol. The summed E-state index contributed by atoms with van der Waals surface area (Å²) in [5, 5.41) is 1.75. The number of anilines is 1. The maximum atomic E-state index is 14.3. The monoisotopic (exact) mass is 697 g/mol. The minimum atomic E-state index is -4.45. The fourth-order valence-electron chi connectivity index (χ4n) is 7.88. The second-order valence-corrected chi connectivity index (χ2v) is 14.3. The third-order valence-electron chi connectivity index (χ3n) is 10.2. The summed E-state index contributed by atoms with van der Waals surface area (Å²) in [6.45, 7) is 6.02. The predicted molar refractivity (Wildman–Crippen MR) is 184 cm³/mol. The molecule has 1 atom stereocenters. The number of ether oxygens (including phenoxy) is 1. The molecule has 1 unspecified atom stereocenters. The van der Waals surface area contributed by atoms with Crippen molar-refractivity contribution in [2.45, 2.75) is 50.3 Å². The van der Waals surface area contributed by atoms with E-state index in [4.69, 9.17) is 4.74 Å². The molecule has 0 aromatic heterocycles. The van der Waals surface area contributed by atoms with Gasteiger partial charge in [-0.1, -0.05) is 66.2 Å². The Labute approximate surface area is 279 Å². The van der Waals surface area contributed by atoms with E-state index < -0.39 is 22.8 Å². The molecule has 5 aromatic carbocycles. The van der Waals surface area contributed by atoms with E-state index in [-0.39, 0.29) is 5.82 Å². The van der Waals surface area contributed by atoms with Crippen molar-refractivity contribution in [3.05, 3.63) is 135 Å². The summed E-state index contributed by atoms with van der Waals surface area (Å²) in [6, 6.07) is 24.9. The number of fused-ring (bicyclic) bond motifs is 8. The molecule has 1 saturated heterocycles. The van der Waals surface area contributed by atoms with Gasteiger partial charge in [0, 0.05) is 50.7 Å². The normalized spacial score (nSPS) is 19.7. The second kappa shape index (κ2) is 10.7. The van der Waals surface area contributed by atoms with Crippen LogP contribution in [-0.4, -0.2) is 13.1 Å². The highest BCUT2D eigenvalue weighted by molar-refractivity contribution is 9.10. The van der Waals surface area contributed by atoms with Gasteiger partial charge in [-0.3, -0.25) is 0 Å². The topological polar surface area (TPSA) is 12.5 Å². The molecule has 1 fully saturated rings. The third-order valence-corrected chi connectivity index (χ3v) is 10.7. The van der Waals surface area contributed by atoms with Crippen molar-refractivity contribution in [3.8, 4) is 16.9 Å². The van der Waals surface area contributed by atoms with Crippen LogP contribution >= 0.6 is 15.9 Å². The van der Waals surface area contributed by atoms with Crippen molar-refractivity contribution in [1.29, 1.82) is 0 Å². The molecule has 0 spiro atoms. The van der Waals surface area contributed by atoms with Crippen molar-refractivity contribution < 1.29 is 22.3 Å². The minimum absolute atomic E-state index is 0.338. The molecular formula is C40H32BrF4NO. The molecule has 2 aliphatic heterocycles. The number of halogens is 5. The van der Waals surface area contributed by atoms with Crippen molar-refractivity contribution >= 4 is 38.5 Å². The molecule has 47 heavy (non-hydrogen) atoms. The Morgan fingerprint density at radius 3 is 2.15 bits per heavy atom. The fraction of sp³-hybridized carbons (Fsp3) is 0.250. The number of hydrogen-bond acceptors (Lipinski definition) is 2. The van der Waals surface area contributed by atoms with E-state index in [0.717, 1.165) is 67.4 Å². The molecule has 7 heteroatoms.